The van der Waals surface area contributed by atoms with E-state index in [0.29, 0.717) is 43.2 Å². The molecule has 5 rings (SSSR count). The van der Waals surface area contributed by atoms with Gasteiger partial charge in [-0.3, -0.25) is 14.6 Å². The number of aromatic nitrogens is 3. The van der Waals surface area contributed by atoms with Crippen molar-refractivity contribution in [1.29, 1.82) is 0 Å². The molecule has 37 heavy (non-hydrogen) atoms. The van der Waals surface area contributed by atoms with Crippen LogP contribution in [0, 0.1) is 11.7 Å². The smallest absolute Gasteiger partial charge is 0.308 e. The number of carbonyl (C=O) groups is 2. The zero-order chi connectivity index (χ0) is 26.4. The second-order valence-electron chi connectivity index (χ2n) is 12.0. The Kier molecular flexibility index (Phi) is 6.99. The Morgan fingerprint density at radius 1 is 1.19 bits per heavy atom. The largest absolute Gasteiger partial charge is 0.469 e. The van der Waals surface area contributed by atoms with E-state index in [0.717, 1.165) is 37.4 Å². The number of hydrogen-bond donors (Lipinski definition) is 0. The Labute approximate surface area is 218 Å². The van der Waals surface area contributed by atoms with Crippen molar-refractivity contribution in [3.8, 4) is 11.3 Å². The van der Waals surface area contributed by atoms with Crippen LogP contribution in [-0.2, 0) is 21.0 Å². The lowest BCUT2D eigenvalue weighted by molar-refractivity contribution is -0.147. The van der Waals surface area contributed by atoms with Gasteiger partial charge in [-0.2, -0.15) is 5.10 Å². The quantitative estimate of drug-likeness (QED) is 0.263. The number of amides is 1. The fraction of sp³-hybridized carbons (Fsp3) is 0.630. The highest BCUT2D eigenvalue weighted by Crippen LogP contribution is 2.50. The summed E-state index contributed by atoms with van der Waals surface area (Å²) in [4.78, 5) is 32.0. The van der Waals surface area contributed by atoms with Crippen LogP contribution in [0.4, 0.5) is 4.39 Å². The van der Waals surface area contributed by atoms with Gasteiger partial charge in [-0.25, -0.2) is 9.07 Å². The average Bonchev–Trinajstić information content (AvgIpc) is 3.80. The number of hydrogen-bond acceptors (Lipinski definition) is 6. The van der Waals surface area contributed by atoms with Gasteiger partial charge in [0, 0.05) is 43.9 Å². The van der Waals surface area contributed by atoms with E-state index in [1.54, 1.807) is 16.8 Å². The number of carbonyl (C=O) groups excluding carboxylic acids is 2. The summed E-state index contributed by atoms with van der Waals surface area (Å²) in [6.07, 6.45) is 6.30. The van der Waals surface area contributed by atoms with Crippen LogP contribution in [0.15, 0.2) is 18.3 Å². The Morgan fingerprint density at radius 2 is 1.95 bits per heavy atom. The summed E-state index contributed by atoms with van der Waals surface area (Å²) in [5, 5.41) is 4.62. The molecule has 2 aromatic heterocycles. The lowest BCUT2D eigenvalue weighted by atomic mass is 9.88. The van der Waals surface area contributed by atoms with Crippen LogP contribution < -0.4 is 0 Å². The van der Waals surface area contributed by atoms with Crippen molar-refractivity contribution in [2.24, 2.45) is 5.92 Å². The molecule has 3 heterocycles. The molecule has 1 aliphatic heterocycles. The van der Waals surface area contributed by atoms with Gasteiger partial charge in [0.2, 0.25) is 0 Å². The second kappa shape index (κ2) is 9.94. The van der Waals surface area contributed by atoms with Gasteiger partial charge in [-0.05, 0) is 56.7 Å². The molecule has 200 valence electrons. The summed E-state index contributed by atoms with van der Waals surface area (Å²) in [5.74, 6) is -0.643. The predicted molar refractivity (Wildman–Crippen MR) is 139 cm³/mol. The van der Waals surface area contributed by atoms with Crippen molar-refractivity contribution in [3.05, 3.63) is 35.5 Å². The first-order valence-corrected chi connectivity index (χ1v) is 17.0. The van der Waals surface area contributed by atoms with Crippen molar-refractivity contribution in [2.45, 2.75) is 82.4 Å². The highest BCUT2D eigenvalue weighted by molar-refractivity contribution is 6.76. The van der Waals surface area contributed by atoms with Crippen molar-refractivity contribution in [1.82, 2.24) is 19.7 Å². The van der Waals surface area contributed by atoms with Crippen LogP contribution in [0.5, 0.6) is 0 Å². The number of ether oxygens (including phenoxy) is 2. The number of rotatable bonds is 9. The molecule has 2 aliphatic carbocycles. The zero-order valence-corrected chi connectivity index (χ0v) is 23.3. The van der Waals surface area contributed by atoms with Gasteiger partial charge in [-0.15, -0.1) is 0 Å². The Bertz CT molecular complexity index is 1190. The number of likely N-dealkylation sites (tertiary alicyclic amines) is 1. The molecule has 0 bridgehead atoms. The van der Waals surface area contributed by atoms with E-state index in [-0.39, 0.29) is 35.8 Å². The van der Waals surface area contributed by atoms with E-state index in [4.69, 9.17) is 9.47 Å². The number of pyridine rings is 1. The Morgan fingerprint density at radius 3 is 2.59 bits per heavy atom. The van der Waals surface area contributed by atoms with Crippen molar-refractivity contribution in [2.75, 3.05) is 20.3 Å². The molecule has 3 aliphatic rings. The highest BCUT2D eigenvalue weighted by atomic mass is 28.3. The molecule has 0 radical (unpaired) electrons. The summed E-state index contributed by atoms with van der Waals surface area (Å²) >= 11 is 0. The lowest BCUT2D eigenvalue weighted by Crippen LogP contribution is -2.49. The number of piperidine rings is 1. The maximum absolute atomic E-state index is 15.0. The summed E-state index contributed by atoms with van der Waals surface area (Å²) in [6.45, 7) is 8.07. The van der Waals surface area contributed by atoms with Crippen LogP contribution in [0.1, 0.15) is 60.6 Å². The van der Waals surface area contributed by atoms with Gasteiger partial charge in [0.25, 0.3) is 5.91 Å². The van der Waals surface area contributed by atoms with E-state index in [1.165, 1.54) is 13.3 Å². The maximum Gasteiger partial charge on any atom is 0.308 e. The van der Waals surface area contributed by atoms with Crippen LogP contribution in [0.2, 0.25) is 25.7 Å². The summed E-state index contributed by atoms with van der Waals surface area (Å²) in [6, 6.07) is 4.48. The molecule has 1 saturated heterocycles. The van der Waals surface area contributed by atoms with E-state index in [2.05, 4.69) is 29.7 Å². The van der Waals surface area contributed by atoms with Gasteiger partial charge < -0.3 is 14.4 Å². The minimum absolute atomic E-state index is 0.142. The SMILES string of the molecule is COC(=O)C1CCN(C(=O)c2cc(-c3cc(C4CC4)ncc3F)n(COCC[Si](C)(C)C)n2)C2(CC2)C1. The normalized spacial score (nSPS) is 20.8. The number of halogens is 1. The molecule has 1 unspecified atom stereocenters. The predicted octanol–water partition coefficient (Wildman–Crippen LogP) is 4.83. The molecule has 0 aromatic carbocycles. The number of nitrogens with zero attached hydrogens (tertiary/aromatic N) is 4. The lowest BCUT2D eigenvalue weighted by Gasteiger charge is -2.38. The Hall–Kier alpha value is -2.59. The molecule has 8 nitrogen and oxygen atoms in total. The fourth-order valence-electron chi connectivity index (χ4n) is 5.25. The van der Waals surface area contributed by atoms with E-state index in [1.807, 2.05) is 4.90 Å². The molecule has 1 amide bonds. The first-order valence-electron chi connectivity index (χ1n) is 13.3. The summed E-state index contributed by atoms with van der Waals surface area (Å²) in [7, 11) is 0.136. The maximum atomic E-state index is 15.0. The highest BCUT2D eigenvalue weighted by Gasteiger charge is 2.55. The molecule has 2 aromatic rings. The van der Waals surface area contributed by atoms with E-state index in [9.17, 15) is 9.59 Å². The molecule has 10 heteroatoms. The standard InChI is InChI=1S/C27H37FN4O4Si/c1-35-26(34)19-7-10-31(27(15-19)8-9-27)25(33)23-14-24(32(30-23)17-36-11-12-37(2,3)4)20-13-22(18-5-6-18)29-16-21(20)28/h13-14,16,18-19H,5-12,15,17H2,1-4H3. The van der Waals surface area contributed by atoms with Crippen LogP contribution in [-0.4, -0.2) is 65.4 Å². The molecule has 3 fully saturated rings. The van der Waals surface area contributed by atoms with Crippen molar-refractivity contribution in [3.63, 3.8) is 0 Å². The minimum Gasteiger partial charge on any atom is -0.469 e. The molecule has 1 atom stereocenters. The van der Waals surface area contributed by atoms with Crippen LogP contribution in [0.3, 0.4) is 0 Å². The fourth-order valence-corrected chi connectivity index (χ4v) is 6.01. The molecular weight excluding hydrogens is 491 g/mol. The third kappa shape index (κ3) is 5.64. The first-order chi connectivity index (χ1) is 17.6. The van der Waals surface area contributed by atoms with Gasteiger partial charge in [-0.1, -0.05) is 19.6 Å². The topological polar surface area (TPSA) is 86.6 Å². The van der Waals surface area contributed by atoms with Crippen molar-refractivity contribution < 1.29 is 23.5 Å². The van der Waals surface area contributed by atoms with Crippen LogP contribution in [0.25, 0.3) is 11.3 Å². The monoisotopic (exact) mass is 528 g/mol. The molecular formula is C27H37FN4O4Si. The minimum atomic E-state index is -1.27. The average molecular weight is 529 g/mol. The third-order valence-corrected chi connectivity index (χ3v) is 9.57. The summed E-state index contributed by atoms with van der Waals surface area (Å²) in [5.41, 5.74) is 1.75. The van der Waals surface area contributed by atoms with E-state index >= 15 is 4.39 Å². The first kappa shape index (κ1) is 26.0. The summed E-state index contributed by atoms with van der Waals surface area (Å²) < 4.78 is 27.6. The van der Waals surface area contributed by atoms with Crippen LogP contribution >= 0.6 is 0 Å². The Balaban J connectivity index is 1.41. The molecule has 2 saturated carbocycles. The van der Waals surface area contributed by atoms with Gasteiger partial charge in [0.15, 0.2) is 11.5 Å². The van der Waals surface area contributed by atoms with Gasteiger partial charge >= 0.3 is 5.97 Å². The molecule has 0 N–H and O–H groups in total. The second-order valence-corrected chi connectivity index (χ2v) is 17.6. The molecule has 1 spiro atoms. The zero-order valence-electron chi connectivity index (χ0n) is 22.3. The van der Waals surface area contributed by atoms with Gasteiger partial charge in [0.1, 0.15) is 6.73 Å². The van der Waals surface area contributed by atoms with Gasteiger partial charge in [0.05, 0.1) is 24.9 Å². The third-order valence-electron chi connectivity index (χ3n) is 7.86. The van der Waals surface area contributed by atoms with Crippen molar-refractivity contribution >= 4 is 20.0 Å². The van der Waals surface area contributed by atoms with E-state index < -0.39 is 13.9 Å². The number of methoxy groups -OCH3 is 1. The number of esters is 1.